The Balaban J connectivity index is 1.73. The number of amides is 1. The molecule has 1 aliphatic heterocycles. The number of aliphatic imine (C=N–C) groups is 1. The average Bonchev–Trinajstić information content (AvgIpc) is 3.09. The van der Waals surface area contributed by atoms with Crippen LogP contribution in [-0.2, 0) is 11.3 Å². The maximum atomic E-state index is 13.3. The van der Waals surface area contributed by atoms with Gasteiger partial charge in [-0.15, -0.1) is 0 Å². The molecule has 1 aromatic heterocycles. The highest BCUT2D eigenvalue weighted by Gasteiger charge is 2.33. The number of ether oxygens (including phenoxy) is 2. The first-order valence-corrected chi connectivity index (χ1v) is 10.5. The van der Waals surface area contributed by atoms with Crippen molar-refractivity contribution in [2.75, 3.05) is 14.2 Å². The van der Waals surface area contributed by atoms with E-state index in [1.165, 1.54) is 11.8 Å². The highest BCUT2D eigenvalue weighted by atomic mass is 32.2. The predicted molar refractivity (Wildman–Crippen MR) is 123 cm³/mol. The van der Waals surface area contributed by atoms with Gasteiger partial charge in [0.15, 0.2) is 5.17 Å². The summed E-state index contributed by atoms with van der Waals surface area (Å²) in [6.07, 6.45) is 5.26. The number of rotatable bonds is 6. The molecule has 0 saturated carbocycles. The second-order valence-corrected chi connectivity index (χ2v) is 7.70. The van der Waals surface area contributed by atoms with E-state index in [0.29, 0.717) is 28.1 Å². The highest BCUT2D eigenvalue weighted by Crippen LogP contribution is 2.37. The molecule has 0 radical (unpaired) electrons. The van der Waals surface area contributed by atoms with Crippen LogP contribution in [0.1, 0.15) is 11.1 Å². The molecule has 156 valence electrons. The lowest BCUT2D eigenvalue weighted by Gasteiger charge is -2.15. The van der Waals surface area contributed by atoms with Crippen molar-refractivity contribution in [2.24, 2.45) is 4.99 Å². The minimum atomic E-state index is -0.110. The first-order valence-electron chi connectivity index (χ1n) is 9.64. The number of carbonyl (C=O) groups excluding carboxylic acids is 1. The minimum Gasteiger partial charge on any atom is -0.497 e. The first kappa shape index (κ1) is 20.7. The normalized spacial score (nSPS) is 16.2. The number of thioether (sulfide) groups is 1. The van der Waals surface area contributed by atoms with Crippen LogP contribution in [0.5, 0.6) is 11.5 Å². The molecule has 0 aliphatic carbocycles. The molecule has 0 unspecified atom stereocenters. The summed E-state index contributed by atoms with van der Waals surface area (Å²) in [5.74, 6) is 1.24. The molecule has 0 atom stereocenters. The first-order chi connectivity index (χ1) is 15.2. The summed E-state index contributed by atoms with van der Waals surface area (Å²) in [6, 6.07) is 18.9. The van der Waals surface area contributed by atoms with Gasteiger partial charge in [0.05, 0.1) is 31.4 Å². The molecule has 1 aliphatic rings. The van der Waals surface area contributed by atoms with Crippen LogP contribution in [0, 0.1) is 0 Å². The van der Waals surface area contributed by atoms with Crippen molar-refractivity contribution in [3.8, 4) is 11.5 Å². The van der Waals surface area contributed by atoms with Crippen LogP contribution in [0.15, 0.2) is 83.0 Å². The monoisotopic (exact) mass is 431 g/mol. The van der Waals surface area contributed by atoms with Crippen LogP contribution in [-0.4, -0.2) is 35.2 Å². The number of carbonyl (C=O) groups is 1. The quantitative estimate of drug-likeness (QED) is 0.519. The van der Waals surface area contributed by atoms with Gasteiger partial charge in [0, 0.05) is 18.0 Å². The van der Waals surface area contributed by atoms with Gasteiger partial charge in [-0.3, -0.25) is 14.7 Å². The van der Waals surface area contributed by atoms with Gasteiger partial charge in [-0.25, -0.2) is 4.99 Å². The van der Waals surface area contributed by atoms with E-state index in [-0.39, 0.29) is 5.91 Å². The Morgan fingerprint density at radius 3 is 2.52 bits per heavy atom. The molecule has 0 N–H and O–H groups in total. The summed E-state index contributed by atoms with van der Waals surface area (Å²) >= 11 is 1.34. The number of nitrogens with zero attached hydrogens (tertiary/aromatic N) is 3. The zero-order valence-electron chi connectivity index (χ0n) is 17.2. The molecule has 1 fully saturated rings. The van der Waals surface area contributed by atoms with Crippen LogP contribution in [0.2, 0.25) is 0 Å². The Kier molecular flexibility index (Phi) is 6.33. The van der Waals surface area contributed by atoms with E-state index < -0.39 is 0 Å². The second kappa shape index (κ2) is 9.49. The van der Waals surface area contributed by atoms with Crippen LogP contribution in [0.3, 0.4) is 0 Å². The third kappa shape index (κ3) is 4.78. The van der Waals surface area contributed by atoms with Crippen LogP contribution in [0.4, 0.5) is 5.69 Å². The van der Waals surface area contributed by atoms with Crippen LogP contribution < -0.4 is 9.47 Å². The molecule has 4 rings (SSSR count). The maximum absolute atomic E-state index is 13.3. The molecule has 0 spiro atoms. The van der Waals surface area contributed by atoms with E-state index in [1.54, 1.807) is 31.5 Å². The SMILES string of the molecule is COc1ccc(OC)c(/C=C2/SC(=Nc3ccccc3)N(Cc3ccncc3)C2=O)c1. The molecule has 7 heteroatoms. The number of hydrogen-bond acceptors (Lipinski definition) is 6. The van der Waals surface area contributed by atoms with Crippen molar-refractivity contribution in [3.05, 3.63) is 89.1 Å². The van der Waals surface area contributed by atoms with Gasteiger partial charge < -0.3 is 9.47 Å². The number of amidine groups is 1. The molecule has 2 aromatic carbocycles. The third-order valence-corrected chi connectivity index (χ3v) is 5.69. The lowest BCUT2D eigenvalue weighted by atomic mass is 10.1. The number of aromatic nitrogens is 1. The van der Waals surface area contributed by atoms with E-state index >= 15 is 0 Å². The summed E-state index contributed by atoms with van der Waals surface area (Å²) in [5, 5.41) is 0.626. The Morgan fingerprint density at radius 2 is 1.81 bits per heavy atom. The van der Waals surface area contributed by atoms with Crippen molar-refractivity contribution >= 4 is 34.6 Å². The van der Waals surface area contributed by atoms with E-state index in [2.05, 4.69) is 4.98 Å². The maximum Gasteiger partial charge on any atom is 0.267 e. The molecule has 3 aromatic rings. The van der Waals surface area contributed by atoms with Gasteiger partial charge >= 0.3 is 0 Å². The molecule has 0 bridgehead atoms. The van der Waals surface area contributed by atoms with Gasteiger partial charge in [-0.1, -0.05) is 18.2 Å². The molecule has 31 heavy (non-hydrogen) atoms. The largest absolute Gasteiger partial charge is 0.497 e. The van der Waals surface area contributed by atoms with Gasteiger partial charge in [-0.2, -0.15) is 0 Å². The molecule has 1 saturated heterocycles. The number of methoxy groups -OCH3 is 2. The van der Waals surface area contributed by atoms with E-state index in [4.69, 9.17) is 14.5 Å². The molecule has 2 heterocycles. The fourth-order valence-electron chi connectivity index (χ4n) is 3.11. The van der Waals surface area contributed by atoms with Gasteiger partial charge in [-0.05, 0) is 65.9 Å². The standard InChI is InChI=1S/C24H21N3O3S/c1-29-20-8-9-21(30-2)18(14-20)15-22-23(28)27(16-17-10-12-25-13-11-17)24(31-22)26-19-6-4-3-5-7-19/h3-15H,16H2,1-2H3/b22-15+,26-24?. The zero-order valence-corrected chi connectivity index (χ0v) is 18.0. The summed E-state index contributed by atoms with van der Waals surface area (Å²) < 4.78 is 10.8. The summed E-state index contributed by atoms with van der Waals surface area (Å²) in [5.41, 5.74) is 2.53. The minimum absolute atomic E-state index is 0.110. The molecule has 6 nitrogen and oxygen atoms in total. The number of pyridine rings is 1. The smallest absolute Gasteiger partial charge is 0.267 e. The van der Waals surface area contributed by atoms with Crippen molar-refractivity contribution < 1.29 is 14.3 Å². The Morgan fingerprint density at radius 1 is 1.03 bits per heavy atom. The molecule has 1 amide bonds. The Bertz CT molecular complexity index is 1130. The van der Waals surface area contributed by atoms with Crippen LogP contribution in [0.25, 0.3) is 6.08 Å². The number of benzene rings is 2. The fourth-order valence-corrected chi connectivity index (χ4v) is 4.10. The van der Waals surface area contributed by atoms with E-state index in [1.807, 2.05) is 66.7 Å². The Labute approximate surface area is 185 Å². The highest BCUT2D eigenvalue weighted by molar-refractivity contribution is 8.18. The van der Waals surface area contributed by atoms with E-state index in [9.17, 15) is 4.79 Å². The zero-order chi connectivity index (χ0) is 21.6. The number of hydrogen-bond donors (Lipinski definition) is 0. The average molecular weight is 432 g/mol. The van der Waals surface area contributed by atoms with Crippen molar-refractivity contribution in [2.45, 2.75) is 6.54 Å². The lowest BCUT2D eigenvalue weighted by molar-refractivity contribution is -0.122. The topological polar surface area (TPSA) is 64.0 Å². The van der Waals surface area contributed by atoms with Gasteiger partial charge in [0.1, 0.15) is 11.5 Å². The second-order valence-electron chi connectivity index (χ2n) is 6.70. The van der Waals surface area contributed by atoms with E-state index in [0.717, 1.165) is 16.8 Å². The predicted octanol–water partition coefficient (Wildman–Crippen LogP) is 4.90. The van der Waals surface area contributed by atoms with Crippen LogP contribution >= 0.6 is 11.8 Å². The lowest BCUT2D eigenvalue weighted by Crippen LogP contribution is -2.28. The molecular weight excluding hydrogens is 410 g/mol. The number of para-hydroxylation sites is 1. The summed E-state index contributed by atoms with van der Waals surface area (Å²) in [7, 11) is 3.21. The Hall–Kier alpha value is -3.58. The summed E-state index contributed by atoms with van der Waals surface area (Å²) in [6.45, 7) is 0.409. The van der Waals surface area contributed by atoms with Crippen molar-refractivity contribution in [1.82, 2.24) is 9.88 Å². The third-order valence-electron chi connectivity index (χ3n) is 4.68. The molecular formula is C24H21N3O3S. The van der Waals surface area contributed by atoms with Gasteiger partial charge in [0.25, 0.3) is 5.91 Å². The van der Waals surface area contributed by atoms with Crippen molar-refractivity contribution in [1.29, 1.82) is 0 Å². The summed E-state index contributed by atoms with van der Waals surface area (Å²) in [4.78, 5) is 24.4. The van der Waals surface area contributed by atoms with Crippen molar-refractivity contribution in [3.63, 3.8) is 0 Å². The van der Waals surface area contributed by atoms with Gasteiger partial charge in [0.2, 0.25) is 0 Å². The fraction of sp³-hybridized carbons (Fsp3) is 0.125.